The van der Waals surface area contributed by atoms with Crippen molar-refractivity contribution in [3.63, 3.8) is 0 Å². The third-order valence-electron chi connectivity index (χ3n) is 4.70. The van der Waals surface area contributed by atoms with E-state index >= 15 is 0 Å². The van der Waals surface area contributed by atoms with Gasteiger partial charge in [-0.25, -0.2) is 13.8 Å². The van der Waals surface area contributed by atoms with Crippen LogP contribution < -0.4 is 21.1 Å². The Morgan fingerprint density at radius 3 is 2.46 bits per heavy atom. The lowest BCUT2D eigenvalue weighted by Crippen LogP contribution is -2.58. The molecule has 6 nitrogen and oxygen atoms in total. The smallest absolute Gasteiger partial charge is 0.220 e. The summed E-state index contributed by atoms with van der Waals surface area (Å²) in [6.07, 6.45) is 4.12. The number of nitrogens with zero attached hydrogens (tertiary/aromatic N) is 3. The Bertz CT molecular complexity index is 726. The van der Waals surface area contributed by atoms with E-state index in [1.807, 2.05) is 0 Å². The third kappa shape index (κ3) is 2.46. The second-order valence-electron chi connectivity index (χ2n) is 6.17. The molecule has 0 atom stereocenters. The summed E-state index contributed by atoms with van der Waals surface area (Å²) in [5.41, 5.74) is 11.1. The van der Waals surface area contributed by atoms with E-state index in [4.69, 9.17) is 16.2 Å². The maximum Gasteiger partial charge on any atom is 0.220 e. The number of aliphatic imine (C=N–C) groups is 2. The highest BCUT2D eigenvalue weighted by Gasteiger charge is 2.44. The normalized spacial score (nSPS) is 19.9. The van der Waals surface area contributed by atoms with Crippen molar-refractivity contribution in [3.8, 4) is 5.75 Å². The minimum absolute atomic E-state index is 0.00797. The van der Waals surface area contributed by atoms with Gasteiger partial charge in [-0.15, -0.1) is 0 Å². The molecule has 0 radical (unpaired) electrons. The average molecular weight is 337 g/mol. The number of methoxy groups -OCH3 is 1. The molecule has 1 spiro atoms. The molecule has 0 amide bonds. The van der Waals surface area contributed by atoms with Crippen LogP contribution in [-0.2, 0) is 0 Å². The van der Waals surface area contributed by atoms with E-state index < -0.39 is 17.3 Å². The first-order valence-electron chi connectivity index (χ1n) is 7.92. The Morgan fingerprint density at radius 1 is 1.17 bits per heavy atom. The minimum Gasteiger partial charge on any atom is -0.496 e. The van der Waals surface area contributed by atoms with Crippen LogP contribution in [0.2, 0.25) is 0 Å². The van der Waals surface area contributed by atoms with Gasteiger partial charge in [-0.2, -0.15) is 4.99 Å². The topological polar surface area (TPSA) is 89.2 Å². The minimum atomic E-state index is -0.993. The van der Waals surface area contributed by atoms with Gasteiger partial charge in [0.2, 0.25) is 11.9 Å². The number of anilines is 1. The summed E-state index contributed by atoms with van der Waals surface area (Å²) in [5.74, 6) is -1.65. The molecule has 3 rings (SSSR count). The molecular weight excluding hydrogens is 316 g/mol. The summed E-state index contributed by atoms with van der Waals surface area (Å²) in [5, 5.41) is 0. The van der Waals surface area contributed by atoms with Crippen molar-refractivity contribution < 1.29 is 13.5 Å². The summed E-state index contributed by atoms with van der Waals surface area (Å²) >= 11 is 0. The predicted molar refractivity (Wildman–Crippen MR) is 89.2 cm³/mol. The SMILES string of the molecule is COc1cc(N2C(N)=NC(N)=NC23CCCCC3)c(F)c(F)c1C. The number of guanidine groups is 2. The zero-order valence-corrected chi connectivity index (χ0v) is 13.8. The Kier molecular flexibility index (Phi) is 4.06. The van der Waals surface area contributed by atoms with E-state index in [0.717, 1.165) is 19.3 Å². The van der Waals surface area contributed by atoms with Crippen LogP contribution in [0.4, 0.5) is 14.5 Å². The predicted octanol–water partition coefficient (Wildman–Crippen LogP) is 2.39. The summed E-state index contributed by atoms with van der Waals surface area (Å²) in [7, 11) is 1.41. The summed E-state index contributed by atoms with van der Waals surface area (Å²) in [6, 6.07) is 1.43. The van der Waals surface area contributed by atoms with Gasteiger partial charge in [0.25, 0.3) is 0 Å². The number of nitrogens with two attached hydrogens (primary N) is 2. The molecular formula is C16H21F2N5O. The lowest BCUT2D eigenvalue weighted by Gasteiger charge is -2.45. The molecule has 0 saturated heterocycles. The molecule has 0 bridgehead atoms. The molecule has 1 aromatic rings. The monoisotopic (exact) mass is 337 g/mol. The molecule has 24 heavy (non-hydrogen) atoms. The number of halogens is 2. The van der Waals surface area contributed by atoms with Crippen molar-refractivity contribution >= 4 is 17.6 Å². The largest absolute Gasteiger partial charge is 0.496 e. The van der Waals surface area contributed by atoms with Crippen molar-refractivity contribution in [3.05, 3.63) is 23.3 Å². The maximum atomic E-state index is 14.7. The Balaban J connectivity index is 2.19. The van der Waals surface area contributed by atoms with E-state index in [-0.39, 0.29) is 28.9 Å². The Morgan fingerprint density at radius 2 is 1.83 bits per heavy atom. The second-order valence-corrected chi connectivity index (χ2v) is 6.17. The first kappa shape index (κ1) is 16.5. The van der Waals surface area contributed by atoms with E-state index in [1.54, 1.807) is 0 Å². The second kappa shape index (κ2) is 5.92. The van der Waals surface area contributed by atoms with Crippen LogP contribution in [-0.4, -0.2) is 24.7 Å². The molecule has 130 valence electrons. The molecule has 1 heterocycles. The summed E-state index contributed by atoms with van der Waals surface area (Å²) in [6.45, 7) is 1.46. The highest BCUT2D eigenvalue weighted by Crippen LogP contribution is 2.42. The van der Waals surface area contributed by atoms with Gasteiger partial charge in [0, 0.05) is 11.6 Å². The van der Waals surface area contributed by atoms with Gasteiger partial charge in [-0.1, -0.05) is 6.42 Å². The van der Waals surface area contributed by atoms with Crippen LogP contribution >= 0.6 is 0 Å². The van der Waals surface area contributed by atoms with Crippen LogP contribution in [0.1, 0.15) is 37.7 Å². The lowest BCUT2D eigenvalue weighted by atomic mass is 9.87. The molecule has 2 aliphatic rings. The number of benzene rings is 1. The average Bonchev–Trinajstić information content (AvgIpc) is 2.55. The van der Waals surface area contributed by atoms with Crippen molar-refractivity contribution in [2.24, 2.45) is 21.5 Å². The number of hydrogen-bond donors (Lipinski definition) is 2. The van der Waals surface area contributed by atoms with Gasteiger partial charge in [0.15, 0.2) is 11.6 Å². The van der Waals surface area contributed by atoms with Crippen LogP contribution in [0, 0.1) is 18.6 Å². The van der Waals surface area contributed by atoms with Gasteiger partial charge < -0.3 is 16.2 Å². The van der Waals surface area contributed by atoms with E-state index in [9.17, 15) is 8.78 Å². The standard InChI is InChI=1S/C16H21F2N5O/c1-9-11(24-2)8-10(13(18)12(9)17)23-15(20)21-14(19)22-16(23)6-4-3-5-7-16/h8H,3-7H2,1-2H3,(H4,19,20,21,22). The first-order valence-corrected chi connectivity index (χ1v) is 7.92. The van der Waals surface area contributed by atoms with Crippen LogP contribution in [0.3, 0.4) is 0 Å². The molecule has 1 saturated carbocycles. The number of rotatable bonds is 2. The van der Waals surface area contributed by atoms with Crippen molar-refractivity contribution in [2.75, 3.05) is 12.0 Å². The fourth-order valence-electron chi connectivity index (χ4n) is 3.53. The molecule has 8 heteroatoms. The molecule has 1 aromatic carbocycles. The molecule has 0 aromatic heterocycles. The zero-order chi connectivity index (χ0) is 17.5. The molecule has 1 aliphatic carbocycles. The van der Waals surface area contributed by atoms with Crippen molar-refractivity contribution in [1.82, 2.24) is 0 Å². The van der Waals surface area contributed by atoms with E-state index in [0.29, 0.717) is 12.8 Å². The Labute approximate surface area is 139 Å². The van der Waals surface area contributed by atoms with Gasteiger partial charge in [0.05, 0.1) is 12.8 Å². The highest BCUT2D eigenvalue weighted by molar-refractivity contribution is 6.05. The molecule has 4 N–H and O–H groups in total. The fourth-order valence-corrected chi connectivity index (χ4v) is 3.53. The Hall–Kier alpha value is -2.38. The first-order chi connectivity index (χ1) is 11.4. The van der Waals surface area contributed by atoms with E-state index in [2.05, 4.69) is 9.98 Å². The third-order valence-corrected chi connectivity index (χ3v) is 4.70. The van der Waals surface area contributed by atoms with Gasteiger partial charge >= 0.3 is 0 Å². The summed E-state index contributed by atoms with van der Waals surface area (Å²) in [4.78, 5) is 9.87. The fraction of sp³-hybridized carbons (Fsp3) is 0.500. The number of ether oxygens (including phenoxy) is 1. The maximum absolute atomic E-state index is 14.7. The van der Waals surface area contributed by atoms with Gasteiger partial charge in [-0.05, 0) is 32.6 Å². The van der Waals surface area contributed by atoms with Crippen molar-refractivity contribution in [1.29, 1.82) is 0 Å². The van der Waals surface area contributed by atoms with Gasteiger partial charge in [0.1, 0.15) is 11.4 Å². The molecule has 1 aliphatic heterocycles. The van der Waals surface area contributed by atoms with Gasteiger partial charge in [-0.3, -0.25) is 4.90 Å². The molecule has 0 unspecified atom stereocenters. The quantitative estimate of drug-likeness (QED) is 0.867. The van der Waals surface area contributed by atoms with Crippen LogP contribution in [0.15, 0.2) is 16.1 Å². The molecule has 1 fully saturated rings. The van der Waals surface area contributed by atoms with Crippen LogP contribution in [0.25, 0.3) is 0 Å². The number of hydrogen-bond acceptors (Lipinski definition) is 6. The highest BCUT2D eigenvalue weighted by atomic mass is 19.2. The lowest BCUT2D eigenvalue weighted by molar-refractivity contribution is 0.302. The summed E-state index contributed by atoms with van der Waals surface area (Å²) < 4.78 is 34.2. The van der Waals surface area contributed by atoms with E-state index in [1.165, 1.54) is 25.0 Å². The van der Waals surface area contributed by atoms with Crippen molar-refractivity contribution in [2.45, 2.75) is 44.7 Å². The zero-order valence-electron chi connectivity index (χ0n) is 13.8. The van der Waals surface area contributed by atoms with Crippen LogP contribution in [0.5, 0.6) is 5.75 Å².